The number of benzene rings is 2. The molecular formula is C28H37N3O5. The summed E-state index contributed by atoms with van der Waals surface area (Å²) in [6, 6.07) is 14.9. The Labute approximate surface area is 212 Å². The van der Waals surface area contributed by atoms with Crippen molar-refractivity contribution in [3.63, 3.8) is 0 Å². The van der Waals surface area contributed by atoms with Crippen LogP contribution in [0.5, 0.6) is 0 Å². The van der Waals surface area contributed by atoms with Crippen LogP contribution < -0.4 is 16.0 Å². The predicted octanol–water partition coefficient (Wildman–Crippen LogP) is 3.17. The Balaban J connectivity index is 2.23. The van der Waals surface area contributed by atoms with Gasteiger partial charge in [0.05, 0.1) is 0 Å². The van der Waals surface area contributed by atoms with Gasteiger partial charge in [0.2, 0.25) is 11.8 Å². The minimum Gasteiger partial charge on any atom is -0.480 e. The first-order valence-electron chi connectivity index (χ1n) is 12.3. The largest absolute Gasteiger partial charge is 0.480 e. The van der Waals surface area contributed by atoms with E-state index < -0.39 is 41.8 Å². The van der Waals surface area contributed by atoms with Crippen molar-refractivity contribution in [1.82, 2.24) is 16.0 Å². The van der Waals surface area contributed by atoms with Gasteiger partial charge in [-0.05, 0) is 42.4 Å². The molecule has 0 bridgehead atoms. The molecule has 0 radical (unpaired) electrons. The van der Waals surface area contributed by atoms with Crippen molar-refractivity contribution in [2.75, 3.05) is 0 Å². The number of carbonyl (C=O) groups excluding carboxylic acids is 3. The second-order valence-corrected chi connectivity index (χ2v) is 9.80. The molecular weight excluding hydrogens is 458 g/mol. The highest BCUT2D eigenvalue weighted by atomic mass is 16.4. The van der Waals surface area contributed by atoms with Crippen LogP contribution in [0.4, 0.5) is 0 Å². The van der Waals surface area contributed by atoms with E-state index in [9.17, 15) is 24.3 Å². The minimum absolute atomic E-state index is 0.0564. The summed E-state index contributed by atoms with van der Waals surface area (Å²) in [5.41, 5.74) is 1.26. The fourth-order valence-corrected chi connectivity index (χ4v) is 3.83. The van der Waals surface area contributed by atoms with Gasteiger partial charge < -0.3 is 21.1 Å². The lowest BCUT2D eigenvalue weighted by Crippen LogP contribution is -2.56. The van der Waals surface area contributed by atoms with Crippen molar-refractivity contribution < 1.29 is 24.3 Å². The number of amides is 3. The fourth-order valence-electron chi connectivity index (χ4n) is 3.83. The Morgan fingerprint density at radius 2 is 1.14 bits per heavy atom. The van der Waals surface area contributed by atoms with Crippen molar-refractivity contribution >= 4 is 23.7 Å². The molecule has 2 aromatic carbocycles. The summed E-state index contributed by atoms with van der Waals surface area (Å²) in [7, 11) is 0. The molecule has 0 spiro atoms. The molecule has 0 fully saturated rings. The summed E-state index contributed by atoms with van der Waals surface area (Å²) < 4.78 is 0. The molecule has 0 aliphatic rings. The monoisotopic (exact) mass is 495 g/mol. The van der Waals surface area contributed by atoms with Gasteiger partial charge in [-0.3, -0.25) is 14.4 Å². The van der Waals surface area contributed by atoms with Crippen LogP contribution in [0, 0.1) is 11.8 Å². The molecule has 0 aliphatic heterocycles. The highest BCUT2D eigenvalue weighted by molar-refractivity contribution is 5.98. The van der Waals surface area contributed by atoms with Crippen LogP contribution in [-0.4, -0.2) is 46.9 Å². The van der Waals surface area contributed by atoms with E-state index in [0.717, 1.165) is 5.56 Å². The number of rotatable bonds is 13. The zero-order valence-corrected chi connectivity index (χ0v) is 21.4. The first-order valence-corrected chi connectivity index (χ1v) is 12.3. The smallest absolute Gasteiger partial charge is 0.326 e. The van der Waals surface area contributed by atoms with Gasteiger partial charge in [-0.2, -0.15) is 0 Å². The van der Waals surface area contributed by atoms with E-state index in [1.807, 2.05) is 58.0 Å². The third-order valence-electron chi connectivity index (χ3n) is 5.60. The molecule has 0 unspecified atom stereocenters. The molecule has 3 atom stereocenters. The number of carboxylic acid groups (broad SMARTS) is 1. The topological polar surface area (TPSA) is 125 Å². The van der Waals surface area contributed by atoms with Crippen LogP contribution in [0.1, 0.15) is 56.5 Å². The van der Waals surface area contributed by atoms with Crippen molar-refractivity contribution in [1.29, 1.82) is 0 Å². The summed E-state index contributed by atoms with van der Waals surface area (Å²) in [5.74, 6) is -2.48. The van der Waals surface area contributed by atoms with Gasteiger partial charge in [-0.15, -0.1) is 0 Å². The van der Waals surface area contributed by atoms with E-state index in [1.54, 1.807) is 30.3 Å². The van der Waals surface area contributed by atoms with Crippen LogP contribution in [0.3, 0.4) is 0 Å². The molecule has 0 aromatic heterocycles. The third kappa shape index (κ3) is 9.52. The molecule has 8 nitrogen and oxygen atoms in total. The van der Waals surface area contributed by atoms with Gasteiger partial charge >= 0.3 is 5.97 Å². The lowest BCUT2D eigenvalue weighted by atomic mass is 9.99. The van der Waals surface area contributed by atoms with Crippen LogP contribution in [-0.2, 0) is 20.8 Å². The number of aliphatic carboxylic acids is 1. The van der Waals surface area contributed by atoms with Crippen LogP contribution in [0.15, 0.2) is 60.7 Å². The minimum atomic E-state index is -1.12. The first-order chi connectivity index (χ1) is 17.1. The normalized spacial score (nSPS) is 13.5. The van der Waals surface area contributed by atoms with Gasteiger partial charge in [0.25, 0.3) is 5.91 Å². The summed E-state index contributed by atoms with van der Waals surface area (Å²) in [6.07, 6.45) is 0.815. The Morgan fingerprint density at radius 1 is 0.667 bits per heavy atom. The number of carboxylic acids is 1. The SMILES string of the molecule is CC(C)C[C@H](NC(=O)[C@H](CC(C)C)NC(=O)[C@H](Cc1ccccc1)NC(=O)c1ccccc1)C(=O)O. The predicted molar refractivity (Wildman–Crippen MR) is 138 cm³/mol. The third-order valence-corrected chi connectivity index (χ3v) is 5.60. The molecule has 0 heterocycles. The second kappa shape index (κ2) is 14.0. The zero-order chi connectivity index (χ0) is 26.7. The maximum atomic E-state index is 13.4. The van der Waals surface area contributed by atoms with Crippen molar-refractivity contribution in [2.24, 2.45) is 11.8 Å². The van der Waals surface area contributed by atoms with Crippen LogP contribution in [0.2, 0.25) is 0 Å². The quantitative estimate of drug-likeness (QED) is 0.340. The Bertz CT molecular complexity index is 1010. The summed E-state index contributed by atoms with van der Waals surface area (Å²) >= 11 is 0. The number of hydrogen-bond donors (Lipinski definition) is 4. The molecule has 0 aliphatic carbocycles. The highest BCUT2D eigenvalue weighted by Gasteiger charge is 2.30. The molecule has 8 heteroatoms. The van der Waals surface area contributed by atoms with E-state index in [2.05, 4.69) is 16.0 Å². The van der Waals surface area contributed by atoms with Crippen molar-refractivity contribution in [3.8, 4) is 0 Å². The maximum Gasteiger partial charge on any atom is 0.326 e. The van der Waals surface area contributed by atoms with Gasteiger partial charge in [-0.1, -0.05) is 76.2 Å². The average Bonchev–Trinajstić information content (AvgIpc) is 2.83. The van der Waals surface area contributed by atoms with Crippen molar-refractivity contribution in [2.45, 2.75) is 65.1 Å². The van der Waals surface area contributed by atoms with E-state index in [1.165, 1.54) is 0 Å². The zero-order valence-electron chi connectivity index (χ0n) is 21.4. The molecule has 4 N–H and O–H groups in total. The first kappa shape index (κ1) is 28.6. The van der Waals surface area contributed by atoms with Crippen LogP contribution in [0.25, 0.3) is 0 Å². The molecule has 194 valence electrons. The Kier molecular flexibility index (Phi) is 11.1. The molecule has 2 rings (SSSR count). The fraction of sp³-hybridized carbons (Fsp3) is 0.429. The Hall–Kier alpha value is -3.68. The lowest BCUT2D eigenvalue weighted by molar-refractivity contribution is -0.142. The Morgan fingerprint density at radius 3 is 1.67 bits per heavy atom. The number of carbonyl (C=O) groups is 4. The van der Waals surface area contributed by atoms with Gasteiger partial charge in [0.1, 0.15) is 18.1 Å². The van der Waals surface area contributed by atoms with E-state index in [4.69, 9.17) is 0 Å². The summed E-state index contributed by atoms with van der Waals surface area (Å²) in [4.78, 5) is 50.9. The molecule has 0 saturated carbocycles. The molecule has 3 amide bonds. The second-order valence-electron chi connectivity index (χ2n) is 9.80. The van der Waals surface area contributed by atoms with Crippen molar-refractivity contribution in [3.05, 3.63) is 71.8 Å². The summed E-state index contributed by atoms with van der Waals surface area (Å²) in [5, 5.41) is 17.7. The van der Waals surface area contributed by atoms with Gasteiger partial charge in [-0.25, -0.2) is 4.79 Å². The van der Waals surface area contributed by atoms with Gasteiger partial charge in [0.15, 0.2) is 0 Å². The number of hydrogen-bond acceptors (Lipinski definition) is 4. The standard InChI is InChI=1S/C28H37N3O5/c1-18(2)15-22(26(33)31-24(28(35)36)16-19(3)4)30-27(34)23(17-20-11-7-5-8-12-20)29-25(32)21-13-9-6-10-14-21/h5-14,18-19,22-24H,15-17H2,1-4H3,(H,29,32)(H,30,34)(H,31,33)(H,35,36)/t22-,23-,24-/m0/s1. The lowest BCUT2D eigenvalue weighted by Gasteiger charge is -2.26. The summed E-state index contributed by atoms with van der Waals surface area (Å²) in [6.45, 7) is 7.57. The number of nitrogens with one attached hydrogen (secondary N) is 3. The van der Waals surface area contributed by atoms with E-state index >= 15 is 0 Å². The van der Waals surface area contributed by atoms with E-state index in [-0.39, 0.29) is 24.7 Å². The average molecular weight is 496 g/mol. The molecule has 36 heavy (non-hydrogen) atoms. The van der Waals surface area contributed by atoms with E-state index in [0.29, 0.717) is 12.0 Å². The maximum absolute atomic E-state index is 13.4. The van der Waals surface area contributed by atoms with Crippen LogP contribution >= 0.6 is 0 Å². The molecule has 0 saturated heterocycles. The highest BCUT2D eigenvalue weighted by Crippen LogP contribution is 2.11. The molecule has 2 aromatic rings. The van der Waals surface area contributed by atoms with Gasteiger partial charge in [0, 0.05) is 12.0 Å².